The van der Waals surface area contributed by atoms with Crippen LogP contribution >= 0.6 is 0 Å². The standard InChI is InChI=1S/C13H24N4O2/c1-10(18)15-16-13(19)9-17(12-5-6-12)8-11-4-2-3-7-14-11/h11-12,14H,2-9H2,1H3,(H,15,18)(H,16,19). The molecule has 0 bridgehead atoms. The third kappa shape index (κ3) is 5.16. The highest BCUT2D eigenvalue weighted by molar-refractivity contribution is 5.82. The van der Waals surface area contributed by atoms with Crippen LogP contribution in [0.5, 0.6) is 0 Å². The summed E-state index contributed by atoms with van der Waals surface area (Å²) >= 11 is 0. The number of piperidine rings is 1. The average molecular weight is 268 g/mol. The summed E-state index contributed by atoms with van der Waals surface area (Å²) < 4.78 is 0. The van der Waals surface area contributed by atoms with Gasteiger partial charge in [0.25, 0.3) is 5.91 Å². The number of nitrogens with zero attached hydrogens (tertiary/aromatic N) is 1. The molecule has 3 N–H and O–H groups in total. The highest BCUT2D eigenvalue weighted by Gasteiger charge is 2.32. The number of hydrogen-bond donors (Lipinski definition) is 3. The van der Waals surface area contributed by atoms with Gasteiger partial charge in [0.1, 0.15) is 0 Å². The summed E-state index contributed by atoms with van der Waals surface area (Å²) in [4.78, 5) is 24.7. The van der Waals surface area contributed by atoms with E-state index in [4.69, 9.17) is 0 Å². The number of amides is 2. The van der Waals surface area contributed by atoms with Crippen molar-refractivity contribution in [1.82, 2.24) is 21.1 Å². The average Bonchev–Trinajstić information content (AvgIpc) is 3.21. The first-order valence-electron chi connectivity index (χ1n) is 7.18. The van der Waals surface area contributed by atoms with Crippen molar-refractivity contribution in [2.24, 2.45) is 0 Å². The third-order valence-electron chi connectivity index (χ3n) is 3.66. The van der Waals surface area contributed by atoms with Crippen molar-refractivity contribution < 1.29 is 9.59 Å². The van der Waals surface area contributed by atoms with Gasteiger partial charge in [-0.25, -0.2) is 0 Å². The van der Waals surface area contributed by atoms with Gasteiger partial charge in [0.2, 0.25) is 5.91 Å². The zero-order valence-electron chi connectivity index (χ0n) is 11.6. The maximum absolute atomic E-state index is 11.7. The topological polar surface area (TPSA) is 73.5 Å². The molecule has 1 aliphatic carbocycles. The molecular formula is C13H24N4O2. The van der Waals surface area contributed by atoms with Crippen LogP contribution in [-0.4, -0.2) is 48.4 Å². The molecule has 1 saturated heterocycles. The number of carbonyl (C=O) groups excluding carboxylic acids is 2. The summed E-state index contributed by atoms with van der Waals surface area (Å²) in [6, 6.07) is 1.05. The summed E-state index contributed by atoms with van der Waals surface area (Å²) in [6.45, 7) is 3.76. The maximum Gasteiger partial charge on any atom is 0.252 e. The van der Waals surface area contributed by atoms with Gasteiger partial charge in [0.15, 0.2) is 0 Å². The summed E-state index contributed by atoms with van der Waals surface area (Å²) in [5.41, 5.74) is 4.76. The van der Waals surface area contributed by atoms with Gasteiger partial charge >= 0.3 is 0 Å². The Bertz CT molecular complexity index is 325. The van der Waals surface area contributed by atoms with Gasteiger partial charge < -0.3 is 5.32 Å². The van der Waals surface area contributed by atoms with Crippen molar-refractivity contribution in [3.63, 3.8) is 0 Å². The molecule has 1 saturated carbocycles. The molecule has 0 aromatic rings. The fourth-order valence-corrected chi connectivity index (χ4v) is 2.53. The maximum atomic E-state index is 11.7. The second-order valence-corrected chi connectivity index (χ2v) is 5.54. The summed E-state index contributed by atoms with van der Waals surface area (Å²) in [7, 11) is 0. The lowest BCUT2D eigenvalue weighted by molar-refractivity contribution is -0.128. The Morgan fingerprint density at radius 1 is 1.21 bits per heavy atom. The first-order chi connectivity index (χ1) is 9.15. The molecule has 2 amide bonds. The van der Waals surface area contributed by atoms with E-state index in [2.05, 4.69) is 21.1 Å². The molecule has 108 valence electrons. The van der Waals surface area contributed by atoms with Crippen molar-refractivity contribution in [3.8, 4) is 0 Å². The van der Waals surface area contributed by atoms with Crippen LogP contribution in [0.3, 0.4) is 0 Å². The van der Waals surface area contributed by atoms with Gasteiger partial charge in [-0.1, -0.05) is 6.42 Å². The van der Waals surface area contributed by atoms with Crippen molar-refractivity contribution in [1.29, 1.82) is 0 Å². The minimum Gasteiger partial charge on any atom is -0.313 e. The smallest absolute Gasteiger partial charge is 0.252 e. The highest BCUT2D eigenvalue weighted by Crippen LogP contribution is 2.27. The molecule has 1 unspecified atom stereocenters. The van der Waals surface area contributed by atoms with Gasteiger partial charge in [-0.3, -0.25) is 25.3 Å². The van der Waals surface area contributed by atoms with Crippen LogP contribution in [-0.2, 0) is 9.59 Å². The van der Waals surface area contributed by atoms with E-state index in [1.54, 1.807) is 0 Å². The van der Waals surface area contributed by atoms with Crippen molar-refractivity contribution in [3.05, 3.63) is 0 Å². The molecule has 0 aromatic carbocycles. The zero-order valence-corrected chi connectivity index (χ0v) is 11.6. The van der Waals surface area contributed by atoms with Gasteiger partial charge in [-0.2, -0.15) is 0 Å². The summed E-state index contributed by atoms with van der Waals surface area (Å²) in [6.07, 6.45) is 6.08. The van der Waals surface area contributed by atoms with Crippen LogP contribution in [0.25, 0.3) is 0 Å². The fourth-order valence-electron chi connectivity index (χ4n) is 2.53. The molecule has 0 radical (unpaired) electrons. The van der Waals surface area contributed by atoms with Crippen LogP contribution in [0.1, 0.15) is 39.0 Å². The number of hydrazine groups is 1. The van der Waals surface area contributed by atoms with Gasteiger partial charge in [-0.05, 0) is 32.2 Å². The molecule has 1 heterocycles. The minimum atomic E-state index is -0.250. The lowest BCUT2D eigenvalue weighted by Crippen LogP contribution is -2.50. The molecule has 2 fully saturated rings. The van der Waals surface area contributed by atoms with E-state index in [0.29, 0.717) is 18.6 Å². The normalized spacial score (nSPS) is 23.2. The molecule has 6 heteroatoms. The van der Waals surface area contributed by atoms with Gasteiger partial charge in [0, 0.05) is 25.6 Å². The molecule has 1 aliphatic heterocycles. The minimum absolute atomic E-state index is 0.141. The van der Waals surface area contributed by atoms with E-state index in [1.807, 2.05) is 0 Å². The predicted octanol–water partition coefficient (Wildman–Crippen LogP) is -0.240. The molecule has 1 atom stereocenters. The van der Waals surface area contributed by atoms with Crippen LogP contribution in [0.4, 0.5) is 0 Å². The highest BCUT2D eigenvalue weighted by atomic mass is 16.2. The summed E-state index contributed by atoms with van der Waals surface area (Å²) in [5, 5.41) is 3.51. The first kappa shape index (κ1) is 14.3. The monoisotopic (exact) mass is 268 g/mol. The van der Waals surface area contributed by atoms with E-state index < -0.39 is 0 Å². The molecule has 6 nitrogen and oxygen atoms in total. The summed E-state index contributed by atoms with van der Waals surface area (Å²) in [5.74, 6) is -0.391. The Labute approximate surface area is 114 Å². The van der Waals surface area contributed by atoms with Gasteiger partial charge in [0.05, 0.1) is 6.54 Å². The van der Waals surface area contributed by atoms with Crippen LogP contribution < -0.4 is 16.2 Å². The van der Waals surface area contributed by atoms with E-state index in [9.17, 15) is 9.59 Å². The van der Waals surface area contributed by atoms with Crippen LogP contribution in [0.2, 0.25) is 0 Å². The predicted molar refractivity (Wildman–Crippen MR) is 72.2 cm³/mol. The quantitative estimate of drug-likeness (QED) is 0.602. The molecular weight excluding hydrogens is 244 g/mol. The Morgan fingerprint density at radius 3 is 2.58 bits per heavy atom. The molecule has 0 spiro atoms. The molecule has 0 aromatic heterocycles. The molecule has 2 aliphatic rings. The van der Waals surface area contributed by atoms with Crippen LogP contribution in [0.15, 0.2) is 0 Å². The Hall–Kier alpha value is -1.14. The fraction of sp³-hybridized carbons (Fsp3) is 0.846. The zero-order chi connectivity index (χ0) is 13.7. The lowest BCUT2D eigenvalue weighted by Gasteiger charge is -2.30. The van der Waals surface area contributed by atoms with E-state index in [-0.39, 0.29) is 11.8 Å². The number of rotatable bonds is 5. The molecule has 2 rings (SSSR count). The third-order valence-corrected chi connectivity index (χ3v) is 3.66. The van der Waals surface area contributed by atoms with Gasteiger partial charge in [-0.15, -0.1) is 0 Å². The Balaban J connectivity index is 1.75. The molecule has 19 heavy (non-hydrogen) atoms. The second kappa shape index (κ2) is 6.86. The van der Waals surface area contributed by atoms with E-state index in [0.717, 1.165) is 13.1 Å². The van der Waals surface area contributed by atoms with Crippen molar-refractivity contribution in [2.75, 3.05) is 19.6 Å². The number of hydrogen-bond acceptors (Lipinski definition) is 4. The number of nitrogens with one attached hydrogen (secondary N) is 3. The van der Waals surface area contributed by atoms with Crippen LogP contribution in [0, 0.1) is 0 Å². The Kier molecular flexibility index (Phi) is 5.15. The first-order valence-corrected chi connectivity index (χ1v) is 7.18. The second-order valence-electron chi connectivity index (χ2n) is 5.54. The number of carbonyl (C=O) groups is 2. The lowest BCUT2D eigenvalue weighted by atomic mass is 10.0. The SMILES string of the molecule is CC(=O)NNC(=O)CN(CC1CCCCN1)C1CC1. The van der Waals surface area contributed by atoms with Crippen molar-refractivity contribution in [2.45, 2.75) is 51.1 Å². The van der Waals surface area contributed by atoms with Crippen molar-refractivity contribution >= 4 is 11.8 Å². The van der Waals surface area contributed by atoms with E-state index in [1.165, 1.54) is 39.0 Å². The largest absolute Gasteiger partial charge is 0.313 e. The van der Waals surface area contributed by atoms with E-state index >= 15 is 0 Å². The Morgan fingerprint density at radius 2 is 2.00 bits per heavy atom.